The van der Waals surface area contributed by atoms with Gasteiger partial charge < -0.3 is 9.30 Å². The van der Waals surface area contributed by atoms with E-state index in [1.54, 1.807) is 0 Å². The molecule has 1 aromatic carbocycles. The molecule has 3 nitrogen and oxygen atoms in total. The van der Waals surface area contributed by atoms with Crippen molar-refractivity contribution in [2.75, 3.05) is 6.61 Å². The highest BCUT2D eigenvalue weighted by molar-refractivity contribution is 5.72. The maximum atomic E-state index is 10.7. The van der Waals surface area contributed by atoms with Gasteiger partial charge in [-0.25, -0.2) is 0 Å². The largest absolute Gasteiger partial charge is 0.493 e. The van der Waals surface area contributed by atoms with Crippen LogP contribution in [-0.4, -0.2) is 17.5 Å². The Labute approximate surface area is 107 Å². The minimum absolute atomic E-state index is 0.654. The summed E-state index contributed by atoms with van der Waals surface area (Å²) in [5.74, 6) is 0.931. The average Bonchev–Trinajstić information content (AvgIpc) is 2.84. The SMILES string of the molecule is Cc1ccccc1OCCCn1cccc1C=O. The summed E-state index contributed by atoms with van der Waals surface area (Å²) in [4.78, 5) is 10.7. The Bertz CT molecular complexity index is 517. The van der Waals surface area contributed by atoms with Crippen molar-refractivity contribution < 1.29 is 9.53 Å². The van der Waals surface area contributed by atoms with Crippen molar-refractivity contribution in [2.24, 2.45) is 0 Å². The van der Waals surface area contributed by atoms with Gasteiger partial charge in [-0.2, -0.15) is 0 Å². The van der Waals surface area contributed by atoms with Crippen LogP contribution in [0, 0.1) is 6.92 Å². The topological polar surface area (TPSA) is 31.2 Å². The maximum absolute atomic E-state index is 10.7. The van der Waals surface area contributed by atoms with E-state index in [1.807, 2.05) is 54.1 Å². The van der Waals surface area contributed by atoms with Gasteiger partial charge in [-0.1, -0.05) is 18.2 Å². The number of hydrogen-bond acceptors (Lipinski definition) is 2. The standard InChI is InChI=1S/C15H17NO2/c1-13-6-2-3-8-15(13)18-11-5-10-16-9-4-7-14(16)12-17/h2-4,6-9,12H,5,10-11H2,1H3. The van der Waals surface area contributed by atoms with Gasteiger partial charge >= 0.3 is 0 Å². The molecule has 0 saturated carbocycles. The summed E-state index contributed by atoms with van der Waals surface area (Å²) in [5.41, 5.74) is 1.86. The summed E-state index contributed by atoms with van der Waals surface area (Å²) in [6.07, 6.45) is 3.67. The zero-order chi connectivity index (χ0) is 12.8. The molecule has 2 aromatic rings. The molecule has 94 valence electrons. The fourth-order valence-electron chi connectivity index (χ4n) is 1.87. The van der Waals surface area contributed by atoms with Crippen LogP contribution in [0.25, 0.3) is 0 Å². The molecule has 1 heterocycles. The smallest absolute Gasteiger partial charge is 0.166 e. The predicted octanol–water partition coefficient (Wildman–Crippen LogP) is 3.08. The summed E-state index contributed by atoms with van der Waals surface area (Å²) in [5, 5.41) is 0. The molecular formula is C15H17NO2. The second-order valence-electron chi connectivity index (χ2n) is 4.21. The van der Waals surface area contributed by atoms with Crippen molar-refractivity contribution in [1.29, 1.82) is 0 Å². The van der Waals surface area contributed by atoms with Gasteiger partial charge in [-0.15, -0.1) is 0 Å². The lowest BCUT2D eigenvalue weighted by Crippen LogP contribution is -2.06. The van der Waals surface area contributed by atoms with E-state index in [-0.39, 0.29) is 0 Å². The molecular weight excluding hydrogens is 226 g/mol. The number of carbonyl (C=O) groups excluding carboxylic acids is 1. The monoisotopic (exact) mass is 243 g/mol. The molecule has 0 spiro atoms. The van der Waals surface area contributed by atoms with E-state index >= 15 is 0 Å². The first kappa shape index (κ1) is 12.4. The minimum atomic E-state index is 0.654. The van der Waals surface area contributed by atoms with E-state index in [0.29, 0.717) is 12.3 Å². The molecule has 0 radical (unpaired) electrons. The van der Waals surface area contributed by atoms with Gasteiger partial charge in [0.1, 0.15) is 5.75 Å². The highest BCUT2D eigenvalue weighted by atomic mass is 16.5. The third kappa shape index (κ3) is 3.00. The molecule has 0 bridgehead atoms. The van der Waals surface area contributed by atoms with Gasteiger partial charge in [0.25, 0.3) is 0 Å². The van der Waals surface area contributed by atoms with Crippen LogP contribution in [0.4, 0.5) is 0 Å². The van der Waals surface area contributed by atoms with Crippen molar-refractivity contribution in [3.8, 4) is 5.75 Å². The predicted molar refractivity (Wildman–Crippen MR) is 71.1 cm³/mol. The molecule has 0 amide bonds. The van der Waals surface area contributed by atoms with E-state index in [9.17, 15) is 4.79 Å². The van der Waals surface area contributed by atoms with Crippen LogP contribution >= 0.6 is 0 Å². The zero-order valence-electron chi connectivity index (χ0n) is 10.5. The van der Waals surface area contributed by atoms with Crippen molar-refractivity contribution in [3.63, 3.8) is 0 Å². The lowest BCUT2D eigenvalue weighted by atomic mass is 10.2. The van der Waals surface area contributed by atoms with Crippen molar-refractivity contribution in [1.82, 2.24) is 4.57 Å². The number of aryl methyl sites for hydroxylation is 2. The van der Waals surface area contributed by atoms with E-state index in [0.717, 1.165) is 30.6 Å². The van der Waals surface area contributed by atoms with Crippen molar-refractivity contribution in [2.45, 2.75) is 19.9 Å². The summed E-state index contributed by atoms with van der Waals surface area (Å²) in [7, 11) is 0. The van der Waals surface area contributed by atoms with Crippen LogP contribution in [0.5, 0.6) is 5.75 Å². The van der Waals surface area contributed by atoms with E-state index < -0.39 is 0 Å². The number of nitrogens with zero attached hydrogens (tertiary/aromatic N) is 1. The summed E-state index contributed by atoms with van der Waals surface area (Å²) in [6, 6.07) is 11.7. The number of para-hydroxylation sites is 1. The fourth-order valence-corrected chi connectivity index (χ4v) is 1.87. The second kappa shape index (κ2) is 6.05. The fraction of sp³-hybridized carbons (Fsp3) is 0.267. The van der Waals surface area contributed by atoms with Gasteiger partial charge in [0.2, 0.25) is 0 Å². The Balaban J connectivity index is 1.80. The minimum Gasteiger partial charge on any atom is -0.493 e. The quantitative estimate of drug-likeness (QED) is 0.576. The maximum Gasteiger partial charge on any atom is 0.166 e. The molecule has 0 saturated heterocycles. The first-order chi connectivity index (χ1) is 8.81. The van der Waals surface area contributed by atoms with Crippen LogP contribution < -0.4 is 4.74 Å². The summed E-state index contributed by atoms with van der Waals surface area (Å²) in [6.45, 7) is 3.49. The molecule has 18 heavy (non-hydrogen) atoms. The van der Waals surface area contributed by atoms with E-state index in [4.69, 9.17) is 4.74 Å². The summed E-state index contributed by atoms with van der Waals surface area (Å²) >= 11 is 0. The molecule has 2 rings (SSSR count). The highest BCUT2D eigenvalue weighted by Crippen LogP contribution is 2.16. The number of hydrogen-bond donors (Lipinski definition) is 0. The van der Waals surface area contributed by atoms with Crippen LogP contribution in [0.15, 0.2) is 42.6 Å². The number of rotatable bonds is 6. The van der Waals surface area contributed by atoms with Gasteiger partial charge in [-0.05, 0) is 37.1 Å². The number of aldehydes is 1. The lowest BCUT2D eigenvalue weighted by Gasteiger charge is -2.09. The van der Waals surface area contributed by atoms with E-state index in [1.165, 1.54) is 0 Å². The molecule has 3 heteroatoms. The molecule has 0 fully saturated rings. The molecule has 0 N–H and O–H groups in total. The third-order valence-electron chi connectivity index (χ3n) is 2.88. The average molecular weight is 243 g/mol. The molecule has 0 unspecified atom stereocenters. The van der Waals surface area contributed by atoms with Crippen molar-refractivity contribution in [3.05, 3.63) is 53.9 Å². The number of ether oxygens (including phenoxy) is 1. The number of carbonyl (C=O) groups is 1. The molecule has 0 aliphatic carbocycles. The molecule has 1 aromatic heterocycles. The highest BCUT2D eigenvalue weighted by Gasteiger charge is 2.00. The van der Waals surface area contributed by atoms with Crippen LogP contribution in [0.2, 0.25) is 0 Å². The summed E-state index contributed by atoms with van der Waals surface area (Å²) < 4.78 is 7.65. The first-order valence-electron chi connectivity index (χ1n) is 6.10. The Morgan fingerprint density at radius 2 is 2.06 bits per heavy atom. The van der Waals surface area contributed by atoms with Gasteiger partial charge in [-0.3, -0.25) is 4.79 Å². The number of benzene rings is 1. The normalized spacial score (nSPS) is 10.3. The van der Waals surface area contributed by atoms with Gasteiger partial charge in [0.15, 0.2) is 6.29 Å². The van der Waals surface area contributed by atoms with Crippen LogP contribution in [-0.2, 0) is 6.54 Å². The molecule has 0 aliphatic rings. The number of aromatic nitrogens is 1. The van der Waals surface area contributed by atoms with Gasteiger partial charge in [0.05, 0.1) is 12.3 Å². The molecule has 0 aliphatic heterocycles. The Kier molecular flexibility index (Phi) is 4.18. The lowest BCUT2D eigenvalue weighted by molar-refractivity contribution is 0.111. The Morgan fingerprint density at radius 3 is 2.83 bits per heavy atom. The second-order valence-corrected chi connectivity index (χ2v) is 4.21. The van der Waals surface area contributed by atoms with Gasteiger partial charge in [0, 0.05) is 12.7 Å². The Hall–Kier alpha value is -2.03. The van der Waals surface area contributed by atoms with Crippen LogP contribution in [0.1, 0.15) is 22.5 Å². The zero-order valence-corrected chi connectivity index (χ0v) is 10.5. The first-order valence-corrected chi connectivity index (χ1v) is 6.10. The van der Waals surface area contributed by atoms with Crippen LogP contribution in [0.3, 0.4) is 0 Å². The molecule has 0 atom stereocenters. The Morgan fingerprint density at radius 1 is 1.22 bits per heavy atom. The van der Waals surface area contributed by atoms with Crippen molar-refractivity contribution >= 4 is 6.29 Å². The third-order valence-corrected chi connectivity index (χ3v) is 2.88. The van der Waals surface area contributed by atoms with E-state index in [2.05, 4.69) is 0 Å².